The standard InChI is InChI=1S/C17H31NO/c1-6-17(7-2,8-3)16(11-10-14-18)13-12-15(5)19-9-4/h10-13H,6-9,14,18H2,1-5H3/b11-10+,15-12+,16-13+. The molecular formula is C17H31NO. The van der Waals surface area contributed by atoms with Gasteiger partial charge in [0, 0.05) is 6.54 Å². The summed E-state index contributed by atoms with van der Waals surface area (Å²) < 4.78 is 5.48. The van der Waals surface area contributed by atoms with Crippen LogP contribution in [0.4, 0.5) is 0 Å². The second-order valence-electron chi connectivity index (χ2n) is 4.81. The molecule has 0 aliphatic carbocycles. The highest BCUT2D eigenvalue weighted by molar-refractivity contribution is 5.31. The molecule has 0 aromatic heterocycles. The number of nitrogens with two attached hydrogens (primary N) is 1. The molecule has 0 aromatic rings. The average molecular weight is 265 g/mol. The zero-order chi connectivity index (χ0) is 14.7. The molecule has 0 aliphatic heterocycles. The van der Waals surface area contributed by atoms with Gasteiger partial charge in [-0.05, 0) is 50.2 Å². The molecule has 0 bridgehead atoms. The van der Waals surface area contributed by atoms with Gasteiger partial charge in [0.15, 0.2) is 0 Å². The Morgan fingerprint density at radius 2 is 1.63 bits per heavy atom. The van der Waals surface area contributed by atoms with Crippen molar-refractivity contribution < 1.29 is 4.74 Å². The van der Waals surface area contributed by atoms with E-state index < -0.39 is 0 Å². The van der Waals surface area contributed by atoms with Crippen LogP contribution >= 0.6 is 0 Å². The van der Waals surface area contributed by atoms with E-state index in [0.29, 0.717) is 13.2 Å². The minimum Gasteiger partial charge on any atom is -0.499 e. The topological polar surface area (TPSA) is 35.2 Å². The number of hydrogen-bond acceptors (Lipinski definition) is 2. The summed E-state index contributed by atoms with van der Waals surface area (Å²) in [5.74, 6) is 0.957. The Morgan fingerprint density at radius 3 is 2.05 bits per heavy atom. The van der Waals surface area contributed by atoms with E-state index in [1.54, 1.807) is 0 Å². The Morgan fingerprint density at radius 1 is 1.05 bits per heavy atom. The van der Waals surface area contributed by atoms with Gasteiger partial charge < -0.3 is 10.5 Å². The molecule has 2 heteroatoms. The van der Waals surface area contributed by atoms with Gasteiger partial charge in [0.25, 0.3) is 0 Å². The maximum atomic E-state index is 5.59. The number of hydrogen-bond donors (Lipinski definition) is 1. The molecule has 0 heterocycles. The Labute approximate surface area is 119 Å². The summed E-state index contributed by atoms with van der Waals surface area (Å²) in [6.45, 7) is 12.1. The van der Waals surface area contributed by atoms with Gasteiger partial charge in [-0.2, -0.15) is 0 Å². The quantitative estimate of drug-likeness (QED) is 0.489. The van der Waals surface area contributed by atoms with Crippen molar-refractivity contribution in [3.05, 3.63) is 35.6 Å². The van der Waals surface area contributed by atoms with Crippen molar-refractivity contribution >= 4 is 0 Å². The third-order valence-electron chi connectivity index (χ3n) is 3.95. The van der Waals surface area contributed by atoms with Gasteiger partial charge in [-0.3, -0.25) is 0 Å². The summed E-state index contributed by atoms with van der Waals surface area (Å²) in [5.41, 5.74) is 7.19. The maximum absolute atomic E-state index is 5.59. The molecule has 19 heavy (non-hydrogen) atoms. The Kier molecular flexibility index (Phi) is 9.32. The van der Waals surface area contributed by atoms with Gasteiger partial charge in [0.1, 0.15) is 0 Å². The largest absolute Gasteiger partial charge is 0.499 e. The Bertz CT molecular complexity index is 314. The predicted octanol–water partition coefficient (Wildman–Crippen LogP) is 4.58. The van der Waals surface area contributed by atoms with Gasteiger partial charge in [0.05, 0.1) is 12.4 Å². The lowest BCUT2D eigenvalue weighted by Crippen LogP contribution is -2.20. The second-order valence-corrected chi connectivity index (χ2v) is 4.81. The van der Waals surface area contributed by atoms with Crippen molar-refractivity contribution in [3.63, 3.8) is 0 Å². The van der Waals surface area contributed by atoms with E-state index >= 15 is 0 Å². The van der Waals surface area contributed by atoms with Gasteiger partial charge in [-0.25, -0.2) is 0 Å². The fourth-order valence-electron chi connectivity index (χ4n) is 2.45. The molecule has 0 spiro atoms. The minimum absolute atomic E-state index is 0.245. The molecule has 0 saturated carbocycles. The predicted molar refractivity (Wildman–Crippen MR) is 85.0 cm³/mol. The molecule has 0 radical (unpaired) electrons. The van der Waals surface area contributed by atoms with E-state index in [0.717, 1.165) is 25.0 Å². The highest BCUT2D eigenvalue weighted by Gasteiger charge is 2.26. The molecule has 0 rings (SSSR count). The molecule has 110 valence electrons. The van der Waals surface area contributed by atoms with E-state index in [4.69, 9.17) is 10.5 Å². The molecule has 0 atom stereocenters. The highest BCUT2D eigenvalue weighted by Crippen LogP contribution is 2.39. The van der Waals surface area contributed by atoms with Crippen LogP contribution < -0.4 is 5.73 Å². The molecule has 0 aliphatic rings. The number of ether oxygens (including phenoxy) is 1. The average Bonchev–Trinajstić information content (AvgIpc) is 2.43. The summed E-state index contributed by atoms with van der Waals surface area (Å²) in [5, 5.41) is 0. The third kappa shape index (κ3) is 5.65. The summed E-state index contributed by atoms with van der Waals surface area (Å²) in [6.07, 6.45) is 11.9. The lowest BCUT2D eigenvalue weighted by molar-refractivity contribution is 0.231. The van der Waals surface area contributed by atoms with Crippen LogP contribution in [0.3, 0.4) is 0 Å². The zero-order valence-corrected chi connectivity index (χ0v) is 13.3. The van der Waals surface area contributed by atoms with Crippen LogP contribution in [-0.2, 0) is 4.74 Å². The number of rotatable bonds is 9. The molecule has 0 saturated heterocycles. The third-order valence-corrected chi connectivity index (χ3v) is 3.95. The SMILES string of the molecule is CCO/C(C)=C/C=C(\C=C\CN)C(CC)(CC)CC. The van der Waals surface area contributed by atoms with Crippen LogP contribution in [0.5, 0.6) is 0 Å². The Hall–Kier alpha value is -1.02. The molecule has 0 unspecified atom stereocenters. The zero-order valence-electron chi connectivity index (χ0n) is 13.3. The summed E-state index contributed by atoms with van der Waals surface area (Å²) in [4.78, 5) is 0. The lowest BCUT2D eigenvalue weighted by atomic mass is 9.73. The van der Waals surface area contributed by atoms with E-state index in [9.17, 15) is 0 Å². The van der Waals surface area contributed by atoms with Crippen LogP contribution in [0.1, 0.15) is 53.9 Å². The highest BCUT2D eigenvalue weighted by atomic mass is 16.5. The van der Waals surface area contributed by atoms with Crippen molar-refractivity contribution in [2.24, 2.45) is 11.1 Å². The van der Waals surface area contributed by atoms with Crippen LogP contribution in [0.2, 0.25) is 0 Å². The first-order chi connectivity index (χ1) is 9.10. The smallest absolute Gasteiger partial charge is 0.0928 e. The minimum atomic E-state index is 0.245. The first-order valence-electron chi connectivity index (χ1n) is 7.48. The van der Waals surface area contributed by atoms with Crippen molar-refractivity contribution in [2.45, 2.75) is 53.9 Å². The fourth-order valence-corrected chi connectivity index (χ4v) is 2.45. The molecular weight excluding hydrogens is 234 g/mol. The fraction of sp³-hybridized carbons (Fsp3) is 0.647. The number of allylic oxidation sites excluding steroid dienone is 5. The van der Waals surface area contributed by atoms with Gasteiger partial charge in [-0.15, -0.1) is 0 Å². The van der Waals surface area contributed by atoms with Crippen LogP contribution in [0.25, 0.3) is 0 Å². The first-order valence-corrected chi connectivity index (χ1v) is 7.48. The monoisotopic (exact) mass is 265 g/mol. The Balaban J connectivity index is 5.36. The summed E-state index contributed by atoms with van der Waals surface area (Å²) in [6, 6.07) is 0. The van der Waals surface area contributed by atoms with Crippen molar-refractivity contribution in [1.82, 2.24) is 0 Å². The van der Waals surface area contributed by atoms with Gasteiger partial charge in [0.2, 0.25) is 0 Å². The lowest BCUT2D eigenvalue weighted by Gasteiger charge is -2.32. The van der Waals surface area contributed by atoms with Gasteiger partial charge in [-0.1, -0.05) is 39.0 Å². The first kappa shape index (κ1) is 18.0. The van der Waals surface area contributed by atoms with Crippen molar-refractivity contribution in [3.8, 4) is 0 Å². The molecule has 0 aromatic carbocycles. The van der Waals surface area contributed by atoms with Gasteiger partial charge >= 0.3 is 0 Å². The van der Waals surface area contributed by atoms with E-state index in [1.807, 2.05) is 19.9 Å². The second kappa shape index (κ2) is 9.85. The molecule has 2 nitrogen and oxygen atoms in total. The molecule has 0 fully saturated rings. The van der Waals surface area contributed by atoms with Crippen LogP contribution in [-0.4, -0.2) is 13.2 Å². The summed E-state index contributed by atoms with van der Waals surface area (Å²) >= 11 is 0. The maximum Gasteiger partial charge on any atom is 0.0928 e. The normalized spacial score (nSPS) is 14.2. The van der Waals surface area contributed by atoms with Crippen LogP contribution in [0.15, 0.2) is 35.6 Å². The van der Waals surface area contributed by atoms with E-state index in [2.05, 4.69) is 39.0 Å². The van der Waals surface area contributed by atoms with E-state index in [-0.39, 0.29) is 5.41 Å². The molecule has 0 amide bonds. The van der Waals surface area contributed by atoms with Crippen molar-refractivity contribution in [2.75, 3.05) is 13.2 Å². The van der Waals surface area contributed by atoms with Crippen molar-refractivity contribution in [1.29, 1.82) is 0 Å². The van der Waals surface area contributed by atoms with Crippen LogP contribution in [0, 0.1) is 5.41 Å². The summed E-state index contributed by atoms with van der Waals surface area (Å²) in [7, 11) is 0. The molecule has 2 N–H and O–H groups in total. The van der Waals surface area contributed by atoms with E-state index in [1.165, 1.54) is 5.57 Å².